The van der Waals surface area contributed by atoms with E-state index in [-0.39, 0.29) is 5.41 Å². The number of hydrogen-bond donors (Lipinski definition) is 1. The zero-order chi connectivity index (χ0) is 12.2. The first-order valence-corrected chi connectivity index (χ1v) is 5.36. The minimum Gasteiger partial charge on any atom is -0.367 e. The predicted octanol–water partition coefficient (Wildman–Crippen LogP) is 2.10. The number of hydrogen-bond acceptors (Lipinski definition) is 2. The summed E-state index contributed by atoms with van der Waals surface area (Å²) in [5, 5.41) is 0. The Bertz CT molecular complexity index is 341. The maximum atomic E-state index is 11.3. The average Bonchev–Trinajstić information content (AvgIpc) is 2.17. The smallest absolute Gasteiger partial charge is 0.247 e. The zero-order valence-corrected chi connectivity index (χ0v) is 10.1. The molecule has 0 aliphatic carbocycles. The molecule has 0 spiro atoms. The van der Waals surface area contributed by atoms with Gasteiger partial charge in [-0.2, -0.15) is 0 Å². The van der Waals surface area contributed by atoms with E-state index in [1.54, 1.807) is 0 Å². The van der Waals surface area contributed by atoms with Crippen LogP contribution >= 0.6 is 0 Å². The Morgan fingerprint density at radius 3 is 2.31 bits per heavy atom. The van der Waals surface area contributed by atoms with Gasteiger partial charge in [0.25, 0.3) is 0 Å². The molecular formula is C13H19NO2. The van der Waals surface area contributed by atoms with Crippen molar-refractivity contribution in [2.24, 2.45) is 11.1 Å². The molecule has 1 atom stereocenters. The monoisotopic (exact) mass is 221 g/mol. The third-order valence-electron chi connectivity index (χ3n) is 2.30. The van der Waals surface area contributed by atoms with E-state index in [2.05, 4.69) is 0 Å². The normalized spacial score (nSPS) is 13.4. The van der Waals surface area contributed by atoms with E-state index < -0.39 is 12.0 Å². The van der Waals surface area contributed by atoms with E-state index in [0.717, 1.165) is 5.56 Å². The first kappa shape index (κ1) is 12.7. The summed E-state index contributed by atoms with van der Waals surface area (Å²) in [6.07, 6.45) is -0.562. The Hall–Kier alpha value is -1.35. The van der Waals surface area contributed by atoms with Crippen LogP contribution in [-0.2, 0) is 16.1 Å². The summed E-state index contributed by atoms with van der Waals surface area (Å²) in [6.45, 7) is 6.22. The summed E-state index contributed by atoms with van der Waals surface area (Å²) in [5.41, 5.74) is 6.09. The van der Waals surface area contributed by atoms with Gasteiger partial charge in [-0.25, -0.2) is 0 Å². The molecule has 2 N–H and O–H groups in total. The molecule has 0 aromatic heterocycles. The molecule has 0 unspecified atom stereocenters. The lowest BCUT2D eigenvalue weighted by atomic mass is 9.88. The van der Waals surface area contributed by atoms with Crippen LogP contribution in [0.2, 0.25) is 0 Å². The van der Waals surface area contributed by atoms with E-state index in [1.807, 2.05) is 51.1 Å². The molecule has 0 saturated carbocycles. The van der Waals surface area contributed by atoms with E-state index in [0.29, 0.717) is 6.61 Å². The van der Waals surface area contributed by atoms with Crippen LogP contribution < -0.4 is 5.73 Å². The topological polar surface area (TPSA) is 52.3 Å². The van der Waals surface area contributed by atoms with Gasteiger partial charge < -0.3 is 10.5 Å². The molecule has 0 aliphatic rings. The van der Waals surface area contributed by atoms with E-state index in [1.165, 1.54) is 0 Å². The number of amides is 1. The number of nitrogens with two attached hydrogens (primary N) is 1. The fraction of sp³-hybridized carbons (Fsp3) is 0.462. The van der Waals surface area contributed by atoms with E-state index >= 15 is 0 Å². The van der Waals surface area contributed by atoms with Crippen molar-refractivity contribution in [1.29, 1.82) is 0 Å². The second-order valence-electron chi connectivity index (χ2n) is 4.95. The SMILES string of the molecule is CC(C)(C)[C@@H](OCc1ccccc1)C(N)=O. The number of primary amides is 1. The molecule has 0 fully saturated rings. The van der Waals surface area contributed by atoms with Gasteiger partial charge in [-0.15, -0.1) is 0 Å². The van der Waals surface area contributed by atoms with Gasteiger partial charge in [0.15, 0.2) is 0 Å². The lowest BCUT2D eigenvalue weighted by Gasteiger charge is -2.27. The van der Waals surface area contributed by atoms with Crippen LogP contribution in [0.25, 0.3) is 0 Å². The van der Waals surface area contributed by atoms with Gasteiger partial charge >= 0.3 is 0 Å². The van der Waals surface area contributed by atoms with Crippen molar-refractivity contribution in [3.05, 3.63) is 35.9 Å². The Kier molecular flexibility index (Phi) is 4.07. The molecule has 1 amide bonds. The van der Waals surface area contributed by atoms with Crippen LogP contribution in [0.3, 0.4) is 0 Å². The first-order chi connectivity index (χ1) is 7.41. The summed E-state index contributed by atoms with van der Waals surface area (Å²) in [5.74, 6) is -0.413. The van der Waals surface area contributed by atoms with Crippen LogP contribution in [0.1, 0.15) is 26.3 Å². The first-order valence-electron chi connectivity index (χ1n) is 5.36. The fourth-order valence-corrected chi connectivity index (χ4v) is 1.51. The average molecular weight is 221 g/mol. The molecule has 3 nitrogen and oxygen atoms in total. The summed E-state index contributed by atoms with van der Waals surface area (Å²) < 4.78 is 5.58. The highest BCUT2D eigenvalue weighted by molar-refractivity contribution is 5.79. The van der Waals surface area contributed by atoms with Gasteiger partial charge in [0, 0.05) is 0 Å². The van der Waals surface area contributed by atoms with Crippen molar-refractivity contribution in [3.8, 4) is 0 Å². The van der Waals surface area contributed by atoms with Crippen molar-refractivity contribution in [2.75, 3.05) is 0 Å². The maximum absolute atomic E-state index is 11.3. The van der Waals surface area contributed by atoms with Gasteiger partial charge in [0.05, 0.1) is 6.61 Å². The van der Waals surface area contributed by atoms with E-state index in [9.17, 15) is 4.79 Å². The van der Waals surface area contributed by atoms with Gasteiger partial charge in [-0.05, 0) is 11.0 Å². The number of carbonyl (C=O) groups is 1. The highest BCUT2D eigenvalue weighted by Gasteiger charge is 2.30. The molecule has 1 rings (SSSR count). The molecule has 88 valence electrons. The Morgan fingerprint density at radius 2 is 1.88 bits per heavy atom. The third-order valence-corrected chi connectivity index (χ3v) is 2.30. The van der Waals surface area contributed by atoms with Crippen molar-refractivity contribution in [3.63, 3.8) is 0 Å². The summed E-state index contributed by atoms with van der Waals surface area (Å²) in [4.78, 5) is 11.3. The third kappa shape index (κ3) is 3.66. The van der Waals surface area contributed by atoms with Crippen molar-refractivity contribution in [1.82, 2.24) is 0 Å². The lowest BCUT2D eigenvalue weighted by molar-refractivity contribution is -0.137. The van der Waals surface area contributed by atoms with Crippen LogP contribution in [0.4, 0.5) is 0 Å². The minimum absolute atomic E-state index is 0.277. The minimum atomic E-state index is -0.562. The van der Waals surface area contributed by atoms with Gasteiger partial charge in [0.1, 0.15) is 6.10 Å². The Morgan fingerprint density at radius 1 is 1.31 bits per heavy atom. The molecule has 1 aromatic carbocycles. The fourth-order valence-electron chi connectivity index (χ4n) is 1.51. The molecule has 0 saturated heterocycles. The quantitative estimate of drug-likeness (QED) is 0.846. The van der Waals surface area contributed by atoms with Crippen LogP contribution in [0.5, 0.6) is 0 Å². The molecule has 1 aromatic rings. The van der Waals surface area contributed by atoms with Gasteiger partial charge in [-0.1, -0.05) is 51.1 Å². The number of benzene rings is 1. The molecule has 16 heavy (non-hydrogen) atoms. The summed E-state index contributed by atoms with van der Waals surface area (Å²) in [6, 6.07) is 9.74. The molecule has 0 heterocycles. The molecule has 0 radical (unpaired) electrons. The Labute approximate surface area is 96.6 Å². The number of carbonyl (C=O) groups excluding carboxylic acids is 1. The summed E-state index contributed by atoms with van der Waals surface area (Å²) >= 11 is 0. The van der Waals surface area contributed by atoms with Gasteiger partial charge in [-0.3, -0.25) is 4.79 Å². The van der Waals surface area contributed by atoms with Crippen LogP contribution in [0, 0.1) is 5.41 Å². The standard InChI is InChI=1S/C13H19NO2/c1-13(2,3)11(12(14)15)16-9-10-7-5-4-6-8-10/h4-8,11H,9H2,1-3H3,(H2,14,15)/t11-/m0/s1. The van der Waals surface area contributed by atoms with Crippen molar-refractivity contribution >= 4 is 5.91 Å². The Balaban J connectivity index is 2.62. The molecule has 0 aliphatic heterocycles. The van der Waals surface area contributed by atoms with Crippen LogP contribution in [0.15, 0.2) is 30.3 Å². The molecular weight excluding hydrogens is 202 g/mol. The number of ether oxygens (including phenoxy) is 1. The predicted molar refractivity (Wildman–Crippen MR) is 63.7 cm³/mol. The van der Waals surface area contributed by atoms with E-state index in [4.69, 9.17) is 10.5 Å². The molecule has 3 heteroatoms. The van der Waals surface area contributed by atoms with Crippen molar-refractivity contribution in [2.45, 2.75) is 33.5 Å². The number of rotatable bonds is 4. The second-order valence-corrected chi connectivity index (χ2v) is 4.95. The van der Waals surface area contributed by atoms with Gasteiger partial charge in [0.2, 0.25) is 5.91 Å². The van der Waals surface area contributed by atoms with Crippen LogP contribution in [-0.4, -0.2) is 12.0 Å². The summed E-state index contributed by atoms with van der Waals surface area (Å²) in [7, 11) is 0. The lowest BCUT2D eigenvalue weighted by Crippen LogP contribution is -2.41. The highest BCUT2D eigenvalue weighted by Crippen LogP contribution is 2.23. The second kappa shape index (κ2) is 5.12. The zero-order valence-electron chi connectivity index (χ0n) is 10.1. The molecule has 0 bridgehead atoms. The van der Waals surface area contributed by atoms with Crippen molar-refractivity contribution < 1.29 is 9.53 Å². The largest absolute Gasteiger partial charge is 0.367 e. The highest BCUT2D eigenvalue weighted by atomic mass is 16.5. The maximum Gasteiger partial charge on any atom is 0.247 e.